The number of halogens is 1. The first kappa shape index (κ1) is 13.9. The van der Waals surface area contributed by atoms with Crippen LogP contribution in [0.25, 0.3) is 0 Å². The summed E-state index contributed by atoms with van der Waals surface area (Å²) >= 11 is 4.66. The van der Waals surface area contributed by atoms with E-state index in [1.807, 2.05) is 11.8 Å². The van der Waals surface area contributed by atoms with Crippen molar-refractivity contribution in [3.8, 4) is 0 Å². The van der Waals surface area contributed by atoms with Crippen LogP contribution >= 0.6 is 27.5 Å². The van der Waals surface area contributed by atoms with E-state index in [0.717, 1.165) is 50.2 Å². The average Bonchev–Trinajstić information content (AvgIpc) is 2.87. The van der Waals surface area contributed by atoms with Gasteiger partial charge < -0.3 is 4.90 Å². The molecule has 1 aromatic heterocycles. The minimum Gasteiger partial charge on any atom is -0.335 e. The third kappa shape index (κ3) is 3.07. The highest BCUT2D eigenvalue weighted by Crippen LogP contribution is 2.15. The number of nitrogens with zero attached hydrogens (tertiary/aromatic N) is 4. The lowest BCUT2D eigenvalue weighted by molar-refractivity contribution is 0.0648. The van der Waals surface area contributed by atoms with Crippen LogP contribution < -0.4 is 0 Å². The summed E-state index contributed by atoms with van der Waals surface area (Å²) in [6.07, 6.45) is 0.765. The third-order valence-corrected chi connectivity index (χ3v) is 4.26. The fourth-order valence-electron chi connectivity index (χ4n) is 2.04. The van der Waals surface area contributed by atoms with Crippen molar-refractivity contribution in [3.63, 3.8) is 0 Å². The number of hydrogen-bond acceptors (Lipinski definition) is 5. The van der Waals surface area contributed by atoms with E-state index in [0.29, 0.717) is 4.88 Å². The van der Waals surface area contributed by atoms with Gasteiger partial charge in [0.1, 0.15) is 4.88 Å². The SMILES string of the molecule is CCc1nnsc1C(=O)N1CCN(CCBr)CC1. The normalized spacial score (nSPS) is 17.1. The molecule has 0 unspecified atom stereocenters. The smallest absolute Gasteiger partial charge is 0.267 e. The van der Waals surface area contributed by atoms with E-state index in [1.165, 1.54) is 11.5 Å². The predicted octanol–water partition coefficient (Wildman–Crippen LogP) is 1.25. The Bertz CT molecular complexity index is 404. The molecule has 0 saturated carbocycles. The van der Waals surface area contributed by atoms with Gasteiger partial charge in [0.05, 0.1) is 5.69 Å². The lowest BCUT2D eigenvalue weighted by Crippen LogP contribution is -2.49. The lowest BCUT2D eigenvalue weighted by atomic mass is 10.2. The number of carbonyl (C=O) groups excluding carboxylic acids is 1. The molecule has 0 radical (unpaired) electrons. The average molecular weight is 333 g/mol. The van der Waals surface area contributed by atoms with E-state index in [9.17, 15) is 4.79 Å². The lowest BCUT2D eigenvalue weighted by Gasteiger charge is -2.34. The second-order valence-electron chi connectivity index (χ2n) is 4.23. The molecule has 1 aliphatic rings. The molecule has 0 aromatic carbocycles. The molecule has 0 bridgehead atoms. The van der Waals surface area contributed by atoms with Crippen LogP contribution in [-0.4, -0.2) is 63.3 Å². The van der Waals surface area contributed by atoms with Crippen LogP contribution in [0.15, 0.2) is 0 Å². The van der Waals surface area contributed by atoms with Gasteiger partial charge in [-0.1, -0.05) is 27.3 Å². The Kier molecular flexibility index (Phi) is 5.08. The van der Waals surface area contributed by atoms with Crippen molar-refractivity contribution >= 4 is 33.4 Å². The molecule has 1 amide bonds. The predicted molar refractivity (Wildman–Crippen MR) is 75.4 cm³/mol. The summed E-state index contributed by atoms with van der Waals surface area (Å²) in [7, 11) is 0. The second kappa shape index (κ2) is 6.58. The quantitative estimate of drug-likeness (QED) is 0.779. The molecule has 0 aliphatic carbocycles. The summed E-state index contributed by atoms with van der Waals surface area (Å²) < 4.78 is 3.88. The monoisotopic (exact) mass is 332 g/mol. The van der Waals surface area contributed by atoms with Crippen molar-refractivity contribution in [1.29, 1.82) is 0 Å². The molecule has 1 aliphatic heterocycles. The molecule has 2 rings (SSSR count). The maximum atomic E-state index is 12.3. The largest absolute Gasteiger partial charge is 0.335 e. The Labute approximate surface area is 119 Å². The van der Waals surface area contributed by atoms with Crippen LogP contribution in [0, 0.1) is 0 Å². The van der Waals surface area contributed by atoms with Crippen LogP contribution in [0.5, 0.6) is 0 Å². The fourth-order valence-corrected chi connectivity index (χ4v) is 3.26. The zero-order valence-electron chi connectivity index (χ0n) is 10.4. The molecular weight excluding hydrogens is 316 g/mol. The minimum atomic E-state index is 0.0975. The summed E-state index contributed by atoms with van der Waals surface area (Å²) in [6.45, 7) is 6.54. The van der Waals surface area contributed by atoms with Crippen molar-refractivity contribution in [1.82, 2.24) is 19.4 Å². The Hall–Kier alpha value is -0.530. The fraction of sp³-hybridized carbons (Fsp3) is 0.727. The number of amides is 1. The van der Waals surface area contributed by atoms with Crippen LogP contribution in [0.3, 0.4) is 0 Å². The maximum absolute atomic E-state index is 12.3. The van der Waals surface area contributed by atoms with Crippen molar-refractivity contribution in [2.45, 2.75) is 13.3 Å². The maximum Gasteiger partial charge on any atom is 0.267 e. The van der Waals surface area contributed by atoms with E-state index < -0.39 is 0 Å². The molecule has 5 nitrogen and oxygen atoms in total. The van der Waals surface area contributed by atoms with Gasteiger partial charge in [-0.15, -0.1) is 5.10 Å². The Balaban J connectivity index is 1.95. The Morgan fingerprint density at radius 1 is 1.39 bits per heavy atom. The third-order valence-electron chi connectivity index (χ3n) is 3.15. The van der Waals surface area contributed by atoms with E-state index in [-0.39, 0.29) is 5.91 Å². The number of hydrogen-bond donors (Lipinski definition) is 0. The highest BCUT2D eigenvalue weighted by atomic mass is 79.9. The first-order valence-electron chi connectivity index (χ1n) is 6.15. The topological polar surface area (TPSA) is 49.3 Å². The van der Waals surface area contributed by atoms with Gasteiger partial charge in [-0.2, -0.15) is 0 Å². The number of aryl methyl sites for hydroxylation is 1. The molecule has 100 valence electrons. The van der Waals surface area contributed by atoms with Crippen molar-refractivity contribution in [3.05, 3.63) is 10.6 Å². The first-order valence-corrected chi connectivity index (χ1v) is 8.04. The first-order chi connectivity index (χ1) is 8.76. The van der Waals surface area contributed by atoms with Crippen LogP contribution in [-0.2, 0) is 6.42 Å². The molecule has 2 heterocycles. The molecule has 18 heavy (non-hydrogen) atoms. The second-order valence-corrected chi connectivity index (χ2v) is 5.77. The molecular formula is C11H17BrN4OS. The Morgan fingerprint density at radius 3 is 2.72 bits per heavy atom. The molecule has 0 atom stereocenters. The standard InChI is InChI=1S/C11H17BrN4OS/c1-2-9-10(18-14-13-9)11(17)16-7-5-15(4-3-12)6-8-16/h2-8H2,1H3. The molecule has 7 heteroatoms. The van der Waals surface area contributed by atoms with E-state index in [2.05, 4.69) is 30.4 Å². The zero-order chi connectivity index (χ0) is 13.0. The molecule has 1 aromatic rings. The number of rotatable bonds is 4. The summed E-state index contributed by atoms with van der Waals surface area (Å²) in [5, 5.41) is 4.99. The highest BCUT2D eigenvalue weighted by molar-refractivity contribution is 9.09. The molecule has 0 spiro atoms. The van der Waals surface area contributed by atoms with E-state index >= 15 is 0 Å². The van der Waals surface area contributed by atoms with Gasteiger partial charge in [0.25, 0.3) is 5.91 Å². The summed E-state index contributed by atoms with van der Waals surface area (Å²) in [5.41, 5.74) is 0.827. The van der Waals surface area contributed by atoms with Gasteiger partial charge in [0.2, 0.25) is 0 Å². The van der Waals surface area contributed by atoms with Crippen molar-refractivity contribution < 1.29 is 4.79 Å². The molecule has 1 fully saturated rings. The van der Waals surface area contributed by atoms with Crippen LogP contribution in [0.4, 0.5) is 0 Å². The van der Waals surface area contributed by atoms with Gasteiger partial charge in [-0.05, 0) is 18.0 Å². The van der Waals surface area contributed by atoms with Gasteiger partial charge in [0, 0.05) is 38.1 Å². The zero-order valence-corrected chi connectivity index (χ0v) is 12.8. The number of carbonyl (C=O) groups is 1. The van der Waals surface area contributed by atoms with Gasteiger partial charge >= 0.3 is 0 Å². The molecule has 0 N–H and O–H groups in total. The van der Waals surface area contributed by atoms with Crippen LogP contribution in [0.1, 0.15) is 22.3 Å². The summed E-state index contributed by atoms with van der Waals surface area (Å²) in [4.78, 5) is 17.3. The number of aromatic nitrogens is 2. The minimum absolute atomic E-state index is 0.0975. The van der Waals surface area contributed by atoms with Gasteiger partial charge in [-0.3, -0.25) is 9.69 Å². The number of alkyl halides is 1. The summed E-state index contributed by atoms with van der Waals surface area (Å²) in [6, 6.07) is 0. The number of piperazine rings is 1. The van der Waals surface area contributed by atoms with Gasteiger partial charge in [-0.25, -0.2) is 0 Å². The van der Waals surface area contributed by atoms with Crippen LogP contribution in [0.2, 0.25) is 0 Å². The molecule has 1 saturated heterocycles. The summed E-state index contributed by atoms with van der Waals surface area (Å²) in [5.74, 6) is 0.0975. The Morgan fingerprint density at radius 2 is 2.11 bits per heavy atom. The van der Waals surface area contributed by atoms with E-state index in [4.69, 9.17) is 0 Å². The highest BCUT2D eigenvalue weighted by Gasteiger charge is 2.25. The van der Waals surface area contributed by atoms with Crippen molar-refractivity contribution in [2.75, 3.05) is 38.1 Å². The van der Waals surface area contributed by atoms with E-state index in [1.54, 1.807) is 0 Å². The van der Waals surface area contributed by atoms with Gasteiger partial charge in [0.15, 0.2) is 0 Å². The van der Waals surface area contributed by atoms with Crippen molar-refractivity contribution in [2.24, 2.45) is 0 Å².